The zero-order valence-corrected chi connectivity index (χ0v) is 13.3. The van der Waals surface area contributed by atoms with Crippen molar-refractivity contribution in [3.05, 3.63) is 0 Å². The van der Waals surface area contributed by atoms with Crippen molar-refractivity contribution >= 4 is 5.91 Å². The van der Waals surface area contributed by atoms with Gasteiger partial charge in [0.05, 0.1) is 12.0 Å². The van der Waals surface area contributed by atoms with Gasteiger partial charge in [-0.2, -0.15) is 0 Å². The zero-order chi connectivity index (χ0) is 14.6. The van der Waals surface area contributed by atoms with E-state index in [0.717, 1.165) is 51.9 Å². The highest BCUT2D eigenvalue weighted by molar-refractivity contribution is 5.83. The SMILES string of the molecule is CCC1(C)CCN(C(=O)C2(COC)CCNCC2)CC1. The number of likely N-dealkylation sites (tertiary alicyclic amines) is 1. The first kappa shape index (κ1) is 15.8. The summed E-state index contributed by atoms with van der Waals surface area (Å²) in [7, 11) is 1.71. The van der Waals surface area contributed by atoms with Crippen LogP contribution in [-0.2, 0) is 9.53 Å². The fourth-order valence-electron chi connectivity index (χ4n) is 3.54. The minimum absolute atomic E-state index is 0.278. The number of nitrogens with zero attached hydrogens (tertiary/aromatic N) is 1. The number of nitrogens with one attached hydrogen (secondary N) is 1. The first-order valence-corrected chi connectivity index (χ1v) is 8.04. The summed E-state index contributed by atoms with van der Waals surface area (Å²) in [6.07, 6.45) is 5.29. The van der Waals surface area contributed by atoms with Gasteiger partial charge in [0.2, 0.25) is 5.91 Å². The molecule has 20 heavy (non-hydrogen) atoms. The van der Waals surface area contributed by atoms with Gasteiger partial charge in [0.1, 0.15) is 0 Å². The van der Waals surface area contributed by atoms with Crippen LogP contribution in [0.3, 0.4) is 0 Å². The van der Waals surface area contributed by atoms with Crippen molar-refractivity contribution in [1.29, 1.82) is 0 Å². The minimum Gasteiger partial charge on any atom is -0.384 e. The molecule has 0 atom stereocenters. The van der Waals surface area contributed by atoms with Gasteiger partial charge in [-0.1, -0.05) is 20.3 Å². The Labute approximate surface area is 123 Å². The van der Waals surface area contributed by atoms with Gasteiger partial charge in [-0.05, 0) is 44.2 Å². The molecule has 2 aliphatic heterocycles. The van der Waals surface area contributed by atoms with Crippen LogP contribution in [0.4, 0.5) is 0 Å². The molecule has 4 nitrogen and oxygen atoms in total. The monoisotopic (exact) mass is 282 g/mol. The lowest BCUT2D eigenvalue weighted by Crippen LogP contribution is -2.54. The number of ether oxygens (including phenoxy) is 1. The molecule has 116 valence electrons. The molecule has 2 fully saturated rings. The summed E-state index contributed by atoms with van der Waals surface area (Å²) in [6.45, 7) is 8.87. The second-order valence-electron chi connectivity index (χ2n) is 6.92. The normalized spacial score (nSPS) is 25.4. The number of piperidine rings is 2. The van der Waals surface area contributed by atoms with E-state index in [4.69, 9.17) is 4.74 Å². The highest BCUT2D eigenvalue weighted by Gasteiger charge is 2.43. The molecule has 0 unspecified atom stereocenters. The van der Waals surface area contributed by atoms with Gasteiger partial charge in [-0.25, -0.2) is 0 Å². The predicted octanol–water partition coefficient (Wildman–Crippen LogP) is 2.04. The maximum absolute atomic E-state index is 13.0. The molecule has 0 bridgehead atoms. The molecule has 2 rings (SSSR count). The molecular weight excluding hydrogens is 252 g/mol. The van der Waals surface area contributed by atoms with E-state index in [2.05, 4.69) is 24.1 Å². The van der Waals surface area contributed by atoms with Crippen LogP contribution in [0.5, 0.6) is 0 Å². The molecule has 0 aliphatic carbocycles. The second kappa shape index (κ2) is 6.44. The van der Waals surface area contributed by atoms with Gasteiger partial charge in [-0.15, -0.1) is 0 Å². The zero-order valence-electron chi connectivity index (χ0n) is 13.3. The third kappa shape index (κ3) is 3.17. The Balaban J connectivity index is 2.02. The smallest absolute Gasteiger partial charge is 0.231 e. The quantitative estimate of drug-likeness (QED) is 0.858. The van der Waals surface area contributed by atoms with Crippen LogP contribution in [0.15, 0.2) is 0 Å². The number of methoxy groups -OCH3 is 1. The summed E-state index contributed by atoms with van der Waals surface area (Å²) < 4.78 is 5.38. The van der Waals surface area contributed by atoms with Gasteiger partial charge < -0.3 is 15.0 Å². The van der Waals surface area contributed by atoms with Gasteiger partial charge >= 0.3 is 0 Å². The van der Waals surface area contributed by atoms with Gasteiger partial charge in [0.25, 0.3) is 0 Å². The Kier molecular flexibility index (Phi) is 5.08. The minimum atomic E-state index is -0.278. The fourth-order valence-corrected chi connectivity index (χ4v) is 3.54. The lowest BCUT2D eigenvalue weighted by atomic mass is 9.75. The van der Waals surface area contributed by atoms with Crippen LogP contribution in [0.25, 0.3) is 0 Å². The molecular formula is C16H30N2O2. The van der Waals surface area contributed by atoms with Gasteiger partial charge in [-0.3, -0.25) is 4.79 Å². The Bertz CT molecular complexity index is 324. The third-order valence-corrected chi connectivity index (χ3v) is 5.55. The standard InChI is InChI=1S/C16H30N2O2/c1-4-15(2)7-11-18(12-8-15)14(19)16(13-20-3)5-9-17-10-6-16/h17H,4-13H2,1-3H3. The Morgan fingerprint density at radius 3 is 2.30 bits per heavy atom. The maximum Gasteiger partial charge on any atom is 0.231 e. The van der Waals surface area contributed by atoms with Crippen molar-refractivity contribution in [2.45, 2.75) is 46.0 Å². The van der Waals surface area contributed by atoms with Gasteiger partial charge in [0, 0.05) is 20.2 Å². The second-order valence-corrected chi connectivity index (χ2v) is 6.92. The highest BCUT2D eigenvalue weighted by atomic mass is 16.5. The fraction of sp³-hybridized carbons (Fsp3) is 0.938. The van der Waals surface area contributed by atoms with Crippen LogP contribution in [0, 0.1) is 10.8 Å². The Morgan fingerprint density at radius 2 is 1.80 bits per heavy atom. The predicted molar refractivity (Wildman–Crippen MR) is 80.6 cm³/mol. The average molecular weight is 282 g/mol. The Morgan fingerprint density at radius 1 is 1.20 bits per heavy atom. The first-order valence-electron chi connectivity index (χ1n) is 8.04. The number of rotatable bonds is 4. The van der Waals surface area contributed by atoms with Crippen LogP contribution in [0.1, 0.15) is 46.0 Å². The van der Waals surface area contributed by atoms with E-state index in [-0.39, 0.29) is 5.41 Å². The van der Waals surface area contributed by atoms with Gasteiger partial charge in [0.15, 0.2) is 0 Å². The molecule has 0 aromatic heterocycles. The van der Waals surface area contributed by atoms with Crippen molar-refractivity contribution in [3.8, 4) is 0 Å². The highest BCUT2D eigenvalue weighted by Crippen LogP contribution is 2.37. The largest absolute Gasteiger partial charge is 0.384 e. The molecule has 0 saturated carbocycles. The Hall–Kier alpha value is -0.610. The number of carbonyl (C=O) groups excluding carboxylic acids is 1. The molecule has 2 heterocycles. The van der Waals surface area contributed by atoms with E-state index >= 15 is 0 Å². The van der Waals surface area contributed by atoms with E-state index < -0.39 is 0 Å². The molecule has 0 radical (unpaired) electrons. The average Bonchev–Trinajstić information content (AvgIpc) is 2.49. The van der Waals surface area contributed by atoms with Crippen molar-refractivity contribution < 1.29 is 9.53 Å². The van der Waals surface area contributed by atoms with Crippen LogP contribution in [0.2, 0.25) is 0 Å². The summed E-state index contributed by atoms with van der Waals surface area (Å²) in [5, 5.41) is 3.35. The van der Waals surface area contributed by atoms with E-state index in [0.29, 0.717) is 17.9 Å². The van der Waals surface area contributed by atoms with E-state index in [1.165, 1.54) is 6.42 Å². The van der Waals surface area contributed by atoms with E-state index in [1.54, 1.807) is 7.11 Å². The summed E-state index contributed by atoms with van der Waals surface area (Å²) in [6, 6.07) is 0. The van der Waals surface area contributed by atoms with Crippen LogP contribution >= 0.6 is 0 Å². The lowest BCUT2D eigenvalue weighted by molar-refractivity contribution is -0.149. The van der Waals surface area contributed by atoms with Crippen molar-refractivity contribution in [3.63, 3.8) is 0 Å². The first-order chi connectivity index (χ1) is 9.55. The lowest BCUT2D eigenvalue weighted by Gasteiger charge is -2.44. The molecule has 0 aromatic rings. The van der Waals surface area contributed by atoms with Crippen LogP contribution in [-0.4, -0.2) is 50.7 Å². The summed E-state index contributed by atoms with van der Waals surface area (Å²) >= 11 is 0. The van der Waals surface area contributed by atoms with Crippen LogP contribution < -0.4 is 5.32 Å². The summed E-state index contributed by atoms with van der Waals surface area (Å²) in [5.74, 6) is 0.332. The molecule has 4 heteroatoms. The topological polar surface area (TPSA) is 41.6 Å². The summed E-state index contributed by atoms with van der Waals surface area (Å²) in [4.78, 5) is 15.1. The number of hydrogen-bond acceptors (Lipinski definition) is 3. The third-order valence-electron chi connectivity index (χ3n) is 5.55. The van der Waals surface area contributed by atoms with E-state index in [9.17, 15) is 4.79 Å². The number of carbonyl (C=O) groups is 1. The molecule has 0 aromatic carbocycles. The molecule has 2 saturated heterocycles. The van der Waals surface area contributed by atoms with E-state index in [1.807, 2.05) is 0 Å². The molecule has 2 aliphatic rings. The number of amides is 1. The maximum atomic E-state index is 13.0. The summed E-state index contributed by atoms with van der Waals surface area (Å²) in [5.41, 5.74) is 0.152. The number of hydrogen-bond donors (Lipinski definition) is 1. The molecule has 1 N–H and O–H groups in total. The van der Waals surface area contributed by atoms with Crippen molar-refractivity contribution in [1.82, 2.24) is 10.2 Å². The molecule has 1 amide bonds. The van der Waals surface area contributed by atoms with Crippen molar-refractivity contribution in [2.24, 2.45) is 10.8 Å². The molecule has 0 spiro atoms. The van der Waals surface area contributed by atoms with Crippen molar-refractivity contribution in [2.75, 3.05) is 39.9 Å².